The molecule has 0 aromatic carbocycles. The van der Waals surface area contributed by atoms with Crippen LogP contribution in [-0.4, -0.2) is 82.6 Å². The predicted octanol–water partition coefficient (Wildman–Crippen LogP) is 1.80. The summed E-state index contributed by atoms with van der Waals surface area (Å²) in [5.41, 5.74) is 0.882. The molecule has 11 nitrogen and oxygen atoms in total. The van der Waals surface area contributed by atoms with Gasteiger partial charge in [0.2, 0.25) is 0 Å². The van der Waals surface area contributed by atoms with Gasteiger partial charge in [0.15, 0.2) is 5.65 Å². The van der Waals surface area contributed by atoms with Crippen molar-refractivity contribution < 1.29 is 13.9 Å². The Kier molecular flexibility index (Phi) is 6.88. The van der Waals surface area contributed by atoms with Crippen LogP contribution < -0.4 is 21.5 Å². The summed E-state index contributed by atoms with van der Waals surface area (Å²) in [5, 5.41) is 13.5. The van der Waals surface area contributed by atoms with E-state index in [0.717, 1.165) is 25.8 Å². The molecule has 1 saturated carbocycles. The predicted molar refractivity (Wildman–Crippen MR) is 134 cm³/mol. The molecule has 0 bridgehead atoms. The van der Waals surface area contributed by atoms with Crippen LogP contribution in [0, 0.1) is 0 Å². The first-order chi connectivity index (χ1) is 17.5. The second-order valence-electron chi connectivity index (χ2n) is 9.19. The number of alkyl halides is 1. The highest BCUT2D eigenvalue weighted by molar-refractivity contribution is 6.00. The monoisotopic (exact) mass is 498 g/mol. The smallest absolute Gasteiger partial charge is 0.274 e. The molecule has 1 aliphatic heterocycles. The highest BCUT2D eigenvalue weighted by Crippen LogP contribution is 2.25. The third kappa shape index (κ3) is 4.53. The average Bonchev–Trinajstić information content (AvgIpc) is 3.50. The molecule has 2 aliphatic rings. The van der Waals surface area contributed by atoms with Crippen LogP contribution in [0.1, 0.15) is 35.7 Å². The third-order valence-electron chi connectivity index (χ3n) is 7.08. The Balaban J connectivity index is 1.41. The van der Waals surface area contributed by atoms with Crippen molar-refractivity contribution >= 4 is 28.9 Å². The quantitative estimate of drug-likeness (QED) is 0.409. The Labute approximate surface area is 207 Å². The zero-order valence-corrected chi connectivity index (χ0v) is 20.4. The fourth-order valence-electron chi connectivity index (χ4n) is 4.92. The van der Waals surface area contributed by atoms with Gasteiger partial charge in [-0.05, 0) is 31.4 Å². The molecule has 3 aromatic heterocycles. The van der Waals surface area contributed by atoms with Crippen molar-refractivity contribution in [3.05, 3.63) is 46.5 Å². The van der Waals surface area contributed by atoms with E-state index >= 15 is 0 Å². The molecule has 3 atom stereocenters. The number of amides is 1. The lowest BCUT2D eigenvalue weighted by Gasteiger charge is -2.35. The van der Waals surface area contributed by atoms with Crippen molar-refractivity contribution in [2.24, 2.45) is 0 Å². The van der Waals surface area contributed by atoms with E-state index in [2.05, 4.69) is 26.0 Å². The molecule has 0 radical (unpaired) electrons. The molecule has 36 heavy (non-hydrogen) atoms. The normalized spacial score (nSPS) is 21.9. The van der Waals surface area contributed by atoms with Crippen LogP contribution in [0.4, 0.5) is 21.7 Å². The van der Waals surface area contributed by atoms with Crippen LogP contribution in [0.5, 0.6) is 0 Å². The van der Waals surface area contributed by atoms with Gasteiger partial charge in [0.1, 0.15) is 29.6 Å². The first kappa shape index (κ1) is 24.2. The van der Waals surface area contributed by atoms with E-state index in [1.165, 1.54) is 6.20 Å². The number of ether oxygens (including phenoxy) is 1. The molecule has 12 heteroatoms. The minimum Gasteiger partial charge on any atom is -0.379 e. The number of hydrogen-bond acceptors (Lipinski definition) is 8. The maximum Gasteiger partial charge on any atom is 0.274 e. The average molecular weight is 499 g/mol. The number of rotatable bonds is 9. The summed E-state index contributed by atoms with van der Waals surface area (Å²) in [6.07, 6.45) is 5.82. The van der Waals surface area contributed by atoms with Crippen molar-refractivity contribution in [2.45, 2.75) is 37.5 Å². The van der Waals surface area contributed by atoms with Gasteiger partial charge in [-0.2, -0.15) is 9.61 Å². The van der Waals surface area contributed by atoms with Gasteiger partial charge in [-0.25, -0.2) is 9.37 Å². The van der Waals surface area contributed by atoms with Crippen LogP contribution in [0.3, 0.4) is 0 Å². The van der Waals surface area contributed by atoms with Crippen LogP contribution in [0.15, 0.2) is 35.4 Å². The van der Waals surface area contributed by atoms with Gasteiger partial charge in [0.05, 0.1) is 24.4 Å². The van der Waals surface area contributed by atoms with Crippen molar-refractivity contribution in [2.75, 3.05) is 51.1 Å². The summed E-state index contributed by atoms with van der Waals surface area (Å²) in [6.45, 7) is 1.39. The Morgan fingerprint density at radius 1 is 1.31 bits per heavy atom. The lowest BCUT2D eigenvalue weighted by Crippen LogP contribution is -2.51. The van der Waals surface area contributed by atoms with Crippen molar-refractivity contribution in [1.29, 1.82) is 0 Å². The Bertz CT molecular complexity index is 1310. The van der Waals surface area contributed by atoms with E-state index in [9.17, 15) is 14.0 Å². The van der Waals surface area contributed by atoms with E-state index in [-0.39, 0.29) is 29.7 Å². The second kappa shape index (κ2) is 10.2. The van der Waals surface area contributed by atoms with Gasteiger partial charge in [0.25, 0.3) is 11.5 Å². The second-order valence-corrected chi connectivity index (χ2v) is 9.19. The summed E-state index contributed by atoms with van der Waals surface area (Å²) < 4.78 is 21.4. The largest absolute Gasteiger partial charge is 0.379 e. The summed E-state index contributed by atoms with van der Waals surface area (Å²) in [7, 11) is 3.39. The molecule has 1 saturated heterocycles. The van der Waals surface area contributed by atoms with Gasteiger partial charge in [-0.3, -0.25) is 14.5 Å². The molecule has 192 valence electrons. The number of carbonyl (C=O) groups excluding carboxylic acids is 1. The molecule has 1 aliphatic carbocycles. The number of methoxy groups -OCH3 is 1. The lowest BCUT2D eigenvalue weighted by molar-refractivity contribution is 0.00732. The van der Waals surface area contributed by atoms with E-state index in [1.54, 1.807) is 41.6 Å². The van der Waals surface area contributed by atoms with E-state index in [4.69, 9.17) is 4.74 Å². The number of pyridine rings is 1. The lowest BCUT2D eigenvalue weighted by atomic mass is 9.89. The van der Waals surface area contributed by atoms with E-state index in [0.29, 0.717) is 41.6 Å². The number of aromatic nitrogens is 4. The number of hydrogen-bond donors (Lipinski definition) is 3. The number of nitrogens with one attached hydrogen (secondary N) is 3. The van der Waals surface area contributed by atoms with Crippen molar-refractivity contribution in [3.63, 3.8) is 0 Å². The van der Waals surface area contributed by atoms with Crippen molar-refractivity contribution in [1.82, 2.24) is 29.4 Å². The molecule has 5 rings (SSSR count). The molecule has 3 N–H and O–H groups in total. The molecule has 3 aromatic rings. The van der Waals surface area contributed by atoms with E-state index in [1.807, 2.05) is 11.0 Å². The molecular formula is C24H31FN8O3. The fourth-order valence-corrected chi connectivity index (χ4v) is 4.92. The first-order valence-electron chi connectivity index (χ1n) is 12.2. The van der Waals surface area contributed by atoms with Crippen LogP contribution in [0.2, 0.25) is 0 Å². The SMILES string of the molecule is CNc1cc(Nc2cccn([C@H]3CCN(CCF)C3)c2=O)nc2c(C(=O)N[C@@H]3CC[C@H]3OC)cnn12. The van der Waals surface area contributed by atoms with Gasteiger partial charge >= 0.3 is 0 Å². The molecule has 4 heterocycles. The van der Waals surface area contributed by atoms with Crippen LogP contribution in [0.25, 0.3) is 5.65 Å². The zero-order chi connectivity index (χ0) is 25.2. The van der Waals surface area contributed by atoms with Gasteiger partial charge in [-0.1, -0.05) is 0 Å². The number of carbonyl (C=O) groups is 1. The highest BCUT2D eigenvalue weighted by atomic mass is 19.1. The number of anilines is 3. The standard InChI is InChI=1S/C24H31FN8O3/c1-26-21-12-20(28-18-4-3-9-32(24(18)35)15-7-10-31(14-15)11-8-25)30-22-16(13-27-33(21)22)23(34)29-17-5-6-19(17)36-2/h3-4,9,12-13,15,17,19,26H,5-8,10-11,14H2,1-2H3,(H,28,30)(H,29,34)/t15-,17+,19+/m0/s1. The molecule has 1 amide bonds. The van der Waals surface area contributed by atoms with Crippen LogP contribution >= 0.6 is 0 Å². The maximum atomic E-state index is 13.3. The third-order valence-corrected chi connectivity index (χ3v) is 7.08. The Morgan fingerprint density at radius 3 is 2.89 bits per heavy atom. The summed E-state index contributed by atoms with van der Waals surface area (Å²) in [5.74, 6) is 0.735. The zero-order valence-electron chi connectivity index (χ0n) is 20.4. The topological polar surface area (TPSA) is 118 Å². The van der Waals surface area contributed by atoms with Gasteiger partial charge < -0.3 is 25.3 Å². The molecule has 2 fully saturated rings. The number of likely N-dealkylation sites (tertiary alicyclic amines) is 1. The number of halogens is 1. The molecule has 0 unspecified atom stereocenters. The Hall–Kier alpha value is -3.51. The number of fused-ring (bicyclic) bond motifs is 1. The highest BCUT2D eigenvalue weighted by Gasteiger charge is 2.33. The Morgan fingerprint density at radius 2 is 2.17 bits per heavy atom. The van der Waals surface area contributed by atoms with Crippen LogP contribution in [-0.2, 0) is 4.74 Å². The summed E-state index contributed by atoms with van der Waals surface area (Å²) in [6, 6.07) is 5.18. The summed E-state index contributed by atoms with van der Waals surface area (Å²) in [4.78, 5) is 32.9. The minimum absolute atomic E-state index is 0.0121. The van der Waals surface area contributed by atoms with Gasteiger partial charge in [-0.15, -0.1) is 0 Å². The number of nitrogens with zero attached hydrogens (tertiary/aromatic N) is 5. The first-order valence-corrected chi connectivity index (χ1v) is 12.2. The summed E-state index contributed by atoms with van der Waals surface area (Å²) >= 11 is 0. The molecule has 0 spiro atoms. The fraction of sp³-hybridized carbons (Fsp3) is 0.500. The molecular weight excluding hydrogens is 467 g/mol. The minimum atomic E-state index is -0.395. The van der Waals surface area contributed by atoms with Gasteiger partial charge in [0, 0.05) is 46.1 Å². The van der Waals surface area contributed by atoms with E-state index < -0.39 is 6.67 Å². The van der Waals surface area contributed by atoms with Crippen molar-refractivity contribution in [3.8, 4) is 0 Å². The maximum absolute atomic E-state index is 13.3.